The molecular weight excluding hydrogens is 296 g/mol. The van der Waals surface area contributed by atoms with E-state index >= 15 is 0 Å². The number of benzene rings is 1. The highest BCUT2D eigenvalue weighted by molar-refractivity contribution is 6.00. The van der Waals surface area contributed by atoms with Crippen molar-refractivity contribution < 1.29 is 0 Å². The molecule has 0 aliphatic carbocycles. The molecule has 3 rings (SSSR count). The predicted octanol–water partition coefficient (Wildman–Crippen LogP) is 4.07. The number of hydrogen-bond donors (Lipinski definition) is 1. The molecule has 0 aliphatic rings. The van der Waals surface area contributed by atoms with Gasteiger partial charge in [0.2, 0.25) is 0 Å². The first-order chi connectivity index (χ1) is 11.5. The van der Waals surface area contributed by atoms with Crippen LogP contribution < -0.4 is 5.32 Å². The SMILES string of the molecule is Cc1cc2nc3c(C)ccc(C)c3cc2c(NCCCN(C)C)n1. The zero-order valence-corrected chi connectivity index (χ0v) is 15.3. The Balaban J connectivity index is 2.05. The Labute approximate surface area is 143 Å². The normalized spacial score (nSPS) is 11.6. The molecule has 1 aromatic carbocycles. The summed E-state index contributed by atoms with van der Waals surface area (Å²) in [7, 11) is 4.20. The van der Waals surface area contributed by atoms with Crippen molar-refractivity contribution in [1.82, 2.24) is 14.9 Å². The summed E-state index contributed by atoms with van der Waals surface area (Å²) in [4.78, 5) is 11.8. The minimum atomic E-state index is 0.911. The molecule has 0 unspecified atom stereocenters. The van der Waals surface area contributed by atoms with Crippen molar-refractivity contribution in [3.05, 3.63) is 41.1 Å². The Hall–Kier alpha value is -2.20. The van der Waals surface area contributed by atoms with Crippen LogP contribution in [-0.4, -0.2) is 42.1 Å². The Kier molecular flexibility index (Phi) is 4.67. The first kappa shape index (κ1) is 16.7. The van der Waals surface area contributed by atoms with E-state index in [9.17, 15) is 0 Å². The van der Waals surface area contributed by atoms with Gasteiger partial charge in [-0.25, -0.2) is 9.97 Å². The minimum Gasteiger partial charge on any atom is -0.369 e. The van der Waals surface area contributed by atoms with Gasteiger partial charge in [0.25, 0.3) is 0 Å². The molecule has 0 saturated heterocycles. The van der Waals surface area contributed by atoms with E-state index in [1.165, 1.54) is 16.5 Å². The van der Waals surface area contributed by atoms with Crippen LogP contribution in [0.2, 0.25) is 0 Å². The van der Waals surface area contributed by atoms with Crippen LogP contribution in [0.3, 0.4) is 0 Å². The average Bonchev–Trinajstić information content (AvgIpc) is 2.53. The zero-order valence-electron chi connectivity index (χ0n) is 15.3. The summed E-state index contributed by atoms with van der Waals surface area (Å²) in [5.74, 6) is 0.944. The lowest BCUT2D eigenvalue weighted by atomic mass is 10.0. The predicted molar refractivity (Wildman–Crippen MR) is 103 cm³/mol. The summed E-state index contributed by atoms with van der Waals surface area (Å²) < 4.78 is 0. The zero-order chi connectivity index (χ0) is 17.3. The number of hydrogen-bond acceptors (Lipinski definition) is 4. The van der Waals surface area contributed by atoms with Crippen molar-refractivity contribution in [2.24, 2.45) is 0 Å². The van der Waals surface area contributed by atoms with Gasteiger partial charge in [0.05, 0.1) is 11.0 Å². The van der Waals surface area contributed by atoms with E-state index in [1.807, 2.05) is 6.92 Å². The maximum Gasteiger partial charge on any atom is 0.135 e. The highest BCUT2D eigenvalue weighted by Crippen LogP contribution is 2.28. The first-order valence-electron chi connectivity index (χ1n) is 8.52. The molecule has 0 amide bonds. The van der Waals surface area contributed by atoms with Gasteiger partial charge >= 0.3 is 0 Å². The van der Waals surface area contributed by atoms with Gasteiger partial charge in [0.15, 0.2) is 0 Å². The second-order valence-electron chi connectivity index (χ2n) is 6.85. The van der Waals surface area contributed by atoms with Gasteiger partial charge in [0.1, 0.15) is 5.82 Å². The number of aromatic nitrogens is 2. The van der Waals surface area contributed by atoms with Crippen molar-refractivity contribution in [1.29, 1.82) is 0 Å². The molecule has 126 valence electrons. The number of anilines is 1. The molecule has 2 aromatic heterocycles. The smallest absolute Gasteiger partial charge is 0.135 e. The fourth-order valence-corrected chi connectivity index (χ4v) is 3.05. The Morgan fingerprint density at radius 3 is 2.46 bits per heavy atom. The molecule has 4 nitrogen and oxygen atoms in total. The fourth-order valence-electron chi connectivity index (χ4n) is 3.05. The summed E-state index contributed by atoms with van der Waals surface area (Å²) in [6, 6.07) is 8.62. The molecule has 0 aliphatic heterocycles. The molecule has 0 bridgehead atoms. The van der Waals surface area contributed by atoms with Crippen LogP contribution in [0.5, 0.6) is 0 Å². The third kappa shape index (κ3) is 3.34. The van der Waals surface area contributed by atoms with Crippen molar-refractivity contribution >= 4 is 27.6 Å². The van der Waals surface area contributed by atoms with Crippen LogP contribution in [0.25, 0.3) is 21.8 Å². The molecule has 0 spiro atoms. The molecule has 24 heavy (non-hydrogen) atoms. The molecule has 3 aromatic rings. The topological polar surface area (TPSA) is 41.1 Å². The quantitative estimate of drug-likeness (QED) is 0.568. The van der Waals surface area contributed by atoms with Crippen LogP contribution >= 0.6 is 0 Å². The van der Waals surface area contributed by atoms with E-state index in [4.69, 9.17) is 9.97 Å². The van der Waals surface area contributed by atoms with Crippen molar-refractivity contribution in [2.75, 3.05) is 32.5 Å². The van der Waals surface area contributed by atoms with E-state index in [2.05, 4.69) is 62.4 Å². The molecule has 0 saturated carbocycles. The molecule has 0 atom stereocenters. The van der Waals surface area contributed by atoms with E-state index in [0.717, 1.165) is 47.4 Å². The number of nitrogens with zero attached hydrogens (tertiary/aromatic N) is 3. The van der Waals surface area contributed by atoms with Gasteiger partial charge in [-0.3, -0.25) is 0 Å². The van der Waals surface area contributed by atoms with Crippen LogP contribution in [-0.2, 0) is 0 Å². The van der Waals surface area contributed by atoms with Gasteiger partial charge in [-0.1, -0.05) is 12.1 Å². The maximum absolute atomic E-state index is 4.93. The first-order valence-corrected chi connectivity index (χ1v) is 8.52. The van der Waals surface area contributed by atoms with Gasteiger partial charge in [-0.05, 0) is 71.1 Å². The summed E-state index contributed by atoms with van der Waals surface area (Å²) >= 11 is 0. The Morgan fingerprint density at radius 1 is 0.958 bits per heavy atom. The molecular formula is C20H26N4. The minimum absolute atomic E-state index is 0.911. The third-order valence-corrected chi connectivity index (χ3v) is 4.40. The lowest BCUT2D eigenvalue weighted by molar-refractivity contribution is 0.405. The van der Waals surface area contributed by atoms with Crippen LogP contribution in [0.15, 0.2) is 24.3 Å². The largest absolute Gasteiger partial charge is 0.369 e. The molecule has 4 heteroatoms. The number of nitrogens with one attached hydrogen (secondary N) is 1. The van der Waals surface area contributed by atoms with Crippen LogP contribution in [0.1, 0.15) is 23.2 Å². The van der Waals surface area contributed by atoms with E-state index in [1.54, 1.807) is 0 Å². The maximum atomic E-state index is 4.93. The van der Waals surface area contributed by atoms with E-state index in [-0.39, 0.29) is 0 Å². The second kappa shape index (κ2) is 6.73. The average molecular weight is 322 g/mol. The highest BCUT2D eigenvalue weighted by atomic mass is 15.1. The fraction of sp³-hybridized carbons (Fsp3) is 0.400. The van der Waals surface area contributed by atoms with Gasteiger partial charge < -0.3 is 10.2 Å². The van der Waals surface area contributed by atoms with Gasteiger partial charge in [0, 0.05) is 23.0 Å². The molecule has 0 fully saturated rings. The monoisotopic (exact) mass is 322 g/mol. The Morgan fingerprint density at radius 2 is 1.71 bits per heavy atom. The lowest BCUT2D eigenvalue weighted by Crippen LogP contribution is -2.16. The standard InChI is InChI=1S/C20H26N4/c1-13-7-8-14(2)19-16(13)12-17-18(23-19)11-15(3)22-20(17)21-9-6-10-24(4)5/h7-8,11-12H,6,9-10H2,1-5H3,(H,21,22). The van der Waals surface area contributed by atoms with Gasteiger partial charge in [-0.2, -0.15) is 0 Å². The molecule has 1 N–H and O–H groups in total. The number of pyridine rings is 2. The summed E-state index contributed by atoms with van der Waals surface area (Å²) in [6.07, 6.45) is 1.09. The van der Waals surface area contributed by atoms with Gasteiger partial charge in [-0.15, -0.1) is 0 Å². The van der Waals surface area contributed by atoms with E-state index < -0.39 is 0 Å². The third-order valence-electron chi connectivity index (χ3n) is 4.40. The van der Waals surface area contributed by atoms with Crippen molar-refractivity contribution in [3.8, 4) is 0 Å². The summed E-state index contributed by atoms with van der Waals surface area (Å²) in [5.41, 5.74) is 5.57. The summed E-state index contributed by atoms with van der Waals surface area (Å²) in [5, 5.41) is 5.82. The highest BCUT2D eigenvalue weighted by Gasteiger charge is 2.10. The van der Waals surface area contributed by atoms with Crippen LogP contribution in [0, 0.1) is 20.8 Å². The Bertz CT molecular complexity index is 884. The van der Waals surface area contributed by atoms with Crippen LogP contribution in [0.4, 0.5) is 5.82 Å². The number of fused-ring (bicyclic) bond motifs is 2. The van der Waals surface area contributed by atoms with E-state index in [0.29, 0.717) is 0 Å². The lowest BCUT2D eigenvalue weighted by Gasteiger charge is -2.13. The number of rotatable bonds is 5. The van der Waals surface area contributed by atoms with Crippen molar-refractivity contribution in [2.45, 2.75) is 27.2 Å². The second-order valence-corrected chi connectivity index (χ2v) is 6.85. The molecule has 2 heterocycles. The number of aryl methyl sites for hydroxylation is 3. The van der Waals surface area contributed by atoms with Crippen molar-refractivity contribution in [3.63, 3.8) is 0 Å². The summed E-state index contributed by atoms with van der Waals surface area (Å²) in [6.45, 7) is 8.26. The molecule has 0 radical (unpaired) electrons.